The van der Waals surface area contributed by atoms with Gasteiger partial charge in [-0.3, -0.25) is 9.63 Å². The first-order valence-electron chi connectivity index (χ1n) is 3.82. The SMILES string of the molecule is CCONC(=O)c1cc(OC)cs1. The van der Waals surface area contributed by atoms with Gasteiger partial charge in [-0.25, -0.2) is 5.48 Å². The fraction of sp³-hybridized carbons (Fsp3) is 0.375. The Hall–Kier alpha value is -1.07. The number of thiophene rings is 1. The summed E-state index contributed by atoms with van der Waals surface area (Å²) < 4.78 is 4.94. The standard InChI is InChI=1S/C8H11NO3S/c1-3-12-9-8(10)7-4-6(11-2)5-13-7/h4-5H,3H2,1-2H3,(H,9,10). The topological polar surface area (TPSA) is 47.6 Å². The number of ether oxygens (including phenoxy) is 1. The van der Waals surface area contributed by atoms with E-state index >= 15 is 0 Å². The molecule has 0 aliphatic rings. The summed E-state index contributed by atoms with van der Waals surface area (Å²) in [6.07, 6.45) is 0. The quantitative estimate of drug-likeness (QED) is 0.750. The predicted octanol–water partition coefficient (Wildman–Crippen LogP) is 1.44. The van der Waals surface area contributed by atoms with Gasteiger partial charge in [0.15, 0.2) is 0 Å². The average molecular weight is 201 g/mol. The lowest BCUT2D eigenvalue weighted by Crippen LogP contribution is -2.22. The van der Waals surface area contributed by atoms with Gasteiger partial charge in [-0.05, 0) is 6.92 Å². The normalized spacial score (nSPS) is 9.69. The molecule has 1 aromatic rings. The molecule has 0 atom stereocenters. The third-order valence-corrected chi connectivity index (χ3v) is 2.25. The average Bonchev–Trinajstić information content (AvgIpc) is 2.62. The monoisotopic (exact) mass is 201 g/mol. The molecule has 1 aromatic heterocycles. The first-order valence-corrected chi connectivity index (χ1v) is 4.70. The van der Waals surface area contributed by atoms with Crippen LogP contribution in [-0.4, -0.2) is 19.6 Å². The van der Waals surface area contributed by atoms with Crippen molar-refractivity contribution in [2.75, 3.05) is 13.7 Å². The van der Waals surface area contributed by atoms with Crippen molar-refractivity contribution >= 4 is 17.2 Å². The van der Waals surface area contributed by atoms with Gasteiger partial charge >= 0.3 is 0 Å². The summed E-state index contributed by atoms with van der Waals surface area (Å²) in [6, 6.07) is 1.67. The van der Waals surface area contributed by atoms with Gasteiger partial charge < -0.3 is 4.74 Å². The number of nitrogens with one attached hydrogen (secondary N) is 1. The van der Waals surface area contributed by atoms with Crippen LogP contribution in [0, 0.1) is 0 Å². The zero-order chi connectivity index (χ0) is 9.68. The highest BCUT2D eigenvalue weighted by molar-refractivity contribution is 7.12. The van der Waals surface area contributed by atoms with Crippen LogP contribution in [0.15, 0.2) is 11.4 Å². The second-order valence-corrected chi connectivity index (χ2v) is 3.13. The molecule has 0 aliphatic heterocycles. The third-order valence-electron chi connectivity index (χ3n) is 1.34. The number of methoxy groups -OCH3 is 1. The maximum atomic E-state index is 11.3. The van der Waals surface area contributed by atoms with Gasteiger partial charge in [0.2, 0.25) is 0 Å². The van der Waals surface area contributed by atoms with E-state index in [0.29, 0.717) is 17.2 Å². The molecular weight excluding hydrogens is 190 g/mol. The van der Waals surface area contributed by atoms with Crippen molar-refractivity contribution in [2.45, 2.75) is 6.92 Å². The van der Waals surface area contributed by atoms with E-state index in [2.05, 4.69) is 5.48 Å². The number of amides is 1. The first kappa shape index (κ1) is 10.0. The van der Waals surface area contributed by atoms with Crippen LogP contribution in [-0.2, 0) is 4.84 Å². The maximum absolute atomic E-state index is 11.3. The van der Waals surface area contributed by atoms with E-state index in [0.717, 1.165) is 0 Å². The Balaban J connectivity index is 2.55. The second-order valence-electron chi connectivity index (χ2n) is 2.21. The first-order chi connectivity index (χ1) is 6.27. The van der Waals surface area contributed by atoms with Gasteiger partial charge in [0.05, 0.1) is 18.6 Å². The van der Waals surface area contributed by atoms with Crippen molar-refractivity contribution in [1.29, 1.82) is 0 Å². The summed E-state index contributed by atoms with van der Waals surface area (Å²) in [7, 11) is 1.56. The fourth-order valence-corrected chi connectivity index (χ4v) is 1.47. The zero-order valence-electron chi connectivity index (χ0n) is 7.49. The Morgan fingerprint density at radius 2 is 2.46 bits per heavy atom. The highest BCUT2D eigenvalue weighted by Crippen LogP contribution is 2.20. The van der Waals surface area contributed by atoms with Crippen LogP contribution in [0.3, 0.4) is 0 Å². The summed E-state index contributed by atoms with van der Waals surface area (Å²) in [5, 5.41) is 1.76. The highest BCUT2D eigenvalue weighted by atomic mass is 32.1. The van der Waals surface area contributed by atoms with Gasteiger partial charge in [0.1, 0.15) is 5.75 Å². The largest absolute Gasteiger partial charge is 0.496 e. The summed E-state index contributed by atoms with van der Waals surface area (Å²) in [4.78, 5) is 16.6. The van der Waals surface area contributed by atoms with Crippen molar-refractivity contribution < 1.29 is 14.4 Å². The molecular formula is C8H11NO3S. The van der Waals surface area contributed by atoms with Crippen LogP contribution in [0.5, 0.6) is 5.75 Å². The summed E-state index contributed by atoms with van der Waals surface area (Å²) >= 11 is 1.32. The van der Waals surface area contributed by atoms with Gasteiger partial charge in [-0.2, -0.15) is 0 Å². The number of carbonyl (C=O) groups is 1. The van der Waals surface area contributed by atoms with Crippen molar-refractivity contribution in [1.82, 2.24) is 5.48 Å². The predicted molar refractivity (Wildman–Crippen MR) is 50.0 cm³/mol. The van der Waals surface area contributed by atoms with Crippen molar-refractivity contribution in [3.63, 3.8) is 0 Å². The molecule has 0 spiro atoms. The second kappa shape index (κ2) is 4.84. The van der Waals surface area contributed by atoms with Crippen LogP contribution in [0.2, 0.25) is 0 Å². The number of hydroxylamine groups is 1. The molecule has 5 heteroatoms. The molecule has 0 radical (unpaired) electrons. The fourth-order valence-electron chi connectivity index (χ4n) is 0.733. The number of rotatable bonds is 4. The summed E-state index contributed by atoms with van der Waals surface area (Å²) in [5.41, 5.74) is 2.30. The number of hydrogen-bond acceptors (Lipinski definition) is 4. The lowest BCUT2D eigenvalue weighted by atomic mass is 10.4. The van der Waals surface area contributed by atoms with E-state index in [1.165, 1.54) is 11.3 Å². The van der Waals surface area contributed by atoms with Gasteiger partial charge in [0, 0.05) is 11.4 Å². The molecule has 0 saturated carbocycles. The van der Waals surface area contributed by atoms with Crippen molar-refractivity contribution in [3.05, 3.63) is 16.3 Å². The van der Waals surface area contributed by atoms with E-state index < -0.39 is 0 Å². The molecule has 1 heterocycles. The summed E-state index contributed by atoms with van der Waals surface area (Å²) in [6.45, 7) is 2.25. The minimum atomic E-state index is -0.241. The molecule has 1 N–H and O–H groups in total. The number of hydrogen-bond donors (Lipinski definition) is 1. The molecule has 13 heavy (non-hydrogen) atoms. The molecule has 1 amide bonds. The Labute approximate surface area is 80.4 Å². The molecule has 0 aliphatic carbocycles. The van der Waals surface area contributed by atoms with Crippen LogP contribution < -0.4 is 10.2 Å². The highest BCUT2D eigenvalue weighted by Gasteiger charge is 2.08. The van der Waals surface area contributed by atoms with Crippen LogP contribution in [0.1, 0.15) is 16.6 Å². The molecule has 72 valence electrons. The molecule has 0 unspecified atom stereocenters. The van der Waals surface area contributed by atoms with E-state index in [1.807, 2.05) is 0 Å². The minimum Gasteiger partial charge on any atom is -0.496 e. The van der Waals surface area contributed by atoms with Gasteiger partial charge in [-0.1, -0.05) is 0 Å². The van der Waals surface area contributed by atoms with E-state index in [9.17, 15) is 4.79 Å². The Bertz CT molecular complexity index is 285. The zero-order valence-corrected chi connectivity index (χ0v) is 8.31. The van der Waals surface area contributed by atoms with E-state index in [-0.39, 0.29) is 5.91 Å². The molecule has 0 fully saturated rings. The number of carbonyl (C=O) groups excluding carboxylic acids is 1. The Morgan fingerprint density at radius 3 is 3.00 bits per heavy atom. The molecule has 1 rings (SSSR count). The van der Waals surface area contributed by atoms with E-state index in [1.54, 1.807) is 25.5 Å². The maximum Gasteiger partial charge on any atom is 0.285 e. The van der Waals surface area contributed by atoms with Crippen molar-refractivity contribution in [3.8, 4) is 5.75 Å². The third kappa shape index (κ3) is 2.71. The molecule has 4 nitrogen and oxygen atoms in total. The molecule has 0 aromatic carbocycles. The molecule has 0 saturated heterocycles. The van der Waals surface area contributed by atoms with Crippen LogP contribution in [0.4, 0.5) is 0 Å². The molecule has 0 bridgehead atoms. The smallest absolute Gasteiger partial charge is 0.285 e. The van der Waals surface area contributed by atoms with E-state index in [4.69, 9.17) is 9.57 Å². The minimum absolute atomic E-state index is 0.241. The van der Waals surface area contributed by atoms with Gasteiger partial charge in [-0.15, -0.1) is 11.3 Å². The van der Waals surface area contributed by atoms with Crippen LogP contribution >= 0.6 is 11.3 Å². The summed E-state index contributed by atoms with van der Waals surface area (Å²) in [5.74, 6) is 0.446. The Morgan fingerprint density at radius 1 is 1.69 bits per heavy atom. The van der Waals surface area contributed by atoms with Gasteiger partial charge in [0.25, 0.3) is 5.91 Å². The lowest BCUT2D eigenvalue weighted by molar-refractivity contribution is 0.0368. The van der Waals surface area contributed by atoms with Crippen LogP contribution in [0.25, 0.3) is 0 Å². The van der Waals surface area contributed by atoms with Crippen molar-refractivity contribution in [2.24, 2.45) is 0 Å². The lowest BCUT2D eigenvalue weighted by Gasteiger charge is -1.99. The Kier molecular flexibility index (Phi) is 3.72.